The van der Waals surface area contributed by atoms with Crippen molar-refractivity contribution in [1.82, 2.24) is 5.32 Å². The summed E-state index contributed by atoms with van der Waals surface area (Å²) in [6.07, 6.45) is 2.98. The minimum atomic E-state index is 0.100. The van der Waals surface area contributed by atoms with Gasteiger partial charge in [-0.05, 0) is 24.3 Å². The number of rotatable bonds is 7. The molecular weight excluding hydrogens is 234 g/mol. The van der Waals surface area contributed by atoms with Crippen LogP contribution in [0.4, 0.5) is 0 Å². The van der Waals surface area contributed by atoms with Gasteiger partial charge in [-0.3, -0.25) is 4.79 Å². The van der Waals surface area contributed by atoms with Gasteiger partial charge < -0.3 is 5.32 Å². The number of amides is 1. The minimum absolute atomic E-state index is 0.100. The summed E-state index contributed by atoms with van der Waals surface area (Å²) in [5, 5.41) is 3.21. The predicted molar refractivity (Wildman–Crippen MR) is 80.9 cm³/mol. The maximum absolute atomic E-state index is 12.2. The highest BCUT2D eigenvalue weighted by Gasteiger charge is 2.19. The molecule has 19 heavy (non-hydrogen) atoms. The van der Waals surface area contributed by atoms with Gasteiger partial charge in [0.25, 0.3) is 0 Å². The van der Waals surface area contributed by atoms with Crippen LogP contribution < -0.4 is 5.32 Å². The fourth-order valence-electron chi connectivity index (χ4n) is 2.31. The van der Waals surface area contributed by atoms with Gasteiger partial charge in [0.15, 0.2) is 0 Å². The van der Waals surface area contributed by atoms with Crippen LogP contribution in [0.3, 0.4) is 0 Å². The Hall–Kier alpha value is -1.31. The van der Waals surface area contributed by atoms with Crippen molar-refractivity contribution in [2.24, 2.45) is 11.8 Å². The lowest BCUT2D eigenvalue weighted by Crippen LogP contribution is -2.33. The molecule has 1 amide bonds. The van der Waals surface area contributed by atoms with Gasteiger partial charge >= 0.3 is 0 Å². The molecular formula is C17H27NO. The van der Waals surface area contributed by atoms with Crippen LogP contribution in [0.15, 0.2) is 30.3 Å². The fourth-order valence-corrected chi connectivity index (χ4v) is 2.31. The van der Waals surface area contributed by atoms with Crippen molar-refractivity contribution in [1.29, 1.82) is 0 Å². The third-order valence-corrected chi connectivity index (χ3v) is 3.39. The predicted octanol–water partition coefficient (Wildman–Crippen LogP) is 4.33. The second kappa shape index (κ2) is 7.98. The number of benzene rings is 1. The molecule has 0 radical (unpaired) electrons. The molecule has 2 unspecified atom stereocenters. The van der Waals surface area contributed by atoms with Crippen LogP contribution in [0.5, 0.6) is 0 Å². The summed E-state index contributed by atoms with van der Waals surface area (Å²) in [6.45, 7) is 8.51. The van der Waals surface area contributed by atoms with Crippen molar-refractivity contribution in [3.05, 3.63) is 35.9 Å². The third-order valence-electron chi connectivity index (χ3n) is 3.39. The zero-order valence-electron chi connectivity index (χ0n) is 12.6. The Bertz CT molecular complexity index is 372. The van der Waals surface area contributed by atoms with Crippen molar-refractivity contribution in [2.45, 2.75) is 53.0 Å². The van der Waals surface area contributed by atoms with Gasteiger partial charge in [0.05, 0.1) is 6.04 Å². The molecule has 0 aromatic heterocycles. The van der Waals surface area contributed by atoms with E-state index < -0.39 is 0 Å². The second-order valence-corrected chi connectivity index (χ2v) is 5.79. The molecule has 1 aromatic rings. The molecule has 0 aliphatic heterocycles. The molecule has 1 N–H and O–H groups in total. The zero-order valence-corrected chi connectivity index (χ0v) is 12.6. The van der Waals surface area contributed by atoms with Crippen molar-refractivity contribution in [3.8, 4) is 0 Å². The highest BCUT2D eigenvalue weighted by Crippen LogP contribution is 2.22. The molecule has 1 rings (SSSR count). The van der Waals surface area contributed by atoms with Gasteiger partial charge in [0.1, 0.15) is 0 Å². The van der Waals surface area contributed by atoms with Crippen LogP contribution in [0.25, 0.3) is 0 Å². The highest BCUT2D eigenvalue weighted by atomic mass is 16.1. The third kappa shape index (κ3) is 5.46. The van der Waals surface area contributed by atoms with Crippen molar-refractivity contribution in [2.75, 3.05) is 0 Å². The maximum Gasteiger partial charge on any atom is 0.223 e. The van der Waals surface area contributed by atoms with E-state index in [0.29, 0.717) is 5.92 Å². The van der Waals surface area contributed by atoms with E-state index in [0.717, 1.165) is 19.3 Å². The summed E-state index contributed by atoms with van der Waals surface area (Å²) >= 11 is 0. The zero-order chi connectivity index (χ0) is 14.3. The molecule has 0 fully saturated rings. The first kappa shape index (κ1) is 15.7. The van der Waals surface area contributed by atoms with Crippen LogP contribution in [0.2, 0.25) is 0 Å². The van der Waals surface area contributed by atoms with E-state index in [9.17, 15) is 4.79 Å². The Labute approximate surface area is 117 Å². The van der Waals surface area contributed by atoms with Crippen molar-refractivity contribution >= 4 is 5.91 Å². The second-order valence-electron chi connectivity index (χ2n) is 5.79. The molecule has 0 spiro atoms. The number of carbonyl (C=O) groups is 1. The molecule has 2 heteroatoms. The fraction of sp³-hybridized carbons (Fsp3) is 0.588. The van der Waals surface area contributed by atoms with E-state index in [1.165, 1.54) is 5.56 Å². The van der Waals surface area contributed by atoms with Crippen LogP contribution in [0, 0.1) is 11.8 Å². The molecule has 0 bridgehead atoms. The average molecular weight is 261 g/mol. The molecule has 2 nitrogen and oxygen atoms in total. The number of nitrogens with one attached hydrogen (secondary N) is 1. The molecule has 106 valence electrons. The molecule has 0 saturated carbocycles. The Morgan fingerprint density at radius 2 is 1.79 bits per heavy atom. The van der Waals surface area contributed by atoms with Gasteiger partial charge in [-0.2, -0.15) is 0 Å². The van der Waals surface area contributed by atoms with Gasteiger partial charge in [0.2, 0.25) is 5.91 Å². The highest BCUT2D eigenvalue weighted by molar-refractivity contribution is 5.78. The minimum Gasteiger partial charge on any atom is -0.349 e. The summed E-state index contributed by atoms with van der Waals surface area (Å²) in [7, 11) is 0. The number of hydrogen-bond donors (Lipinski definition) is 1. The van der Waals surface area contributed by atoms with E-state index in [1.54, 1.807) is 0 Å². The lowest BCUT2D eigenvalue weighted by molar-refractivity contribution is -0.125. The van der Waals surface area contributed by atoms with Crippen molar-refractivity contribution in [3.63, 3.8) is 0 Å². The largest absolute Gasteiger partial charge is 0.349 e. The van der Waals surface area contributed by atoms with E-state index in [1.807, 2.05) is 25.1 Å². The van der Waals surface area contributed by atoms with E-state index >= 15 is 0 Å². The molecule has 1 aromatic carbocycles. The standard InChI is InChI=1S/C17H27NO/c1-5-9-14(4)17(19)18-16(12-13(2)3)15-10-7-6-8-11-15/h6-8,10-11,13-14,16H,5,9,12H2,1-4H3,(H,18,19). The van der Waals surface area contributed by atoms with E-state index in [2.05, 4.69) is 38.2 Å². The topological polar surface area (TPSA) is 29.1 Å². The van der Waals surface area contributed by atoms with E-state index in [-0.39, 0.29) is 17.9 Å². The summed E-state index contributed by atoms with van der Waals surface area (Å²) in [5.74, 6) is 0.840. The molecule has 0 heterocycles. The quantitative estimate of drug-likeness (QED) is 0.778. The number of carbonyl (C=O) groups excluding carboxylic acids is 1. The Morgan fingerprint density at radius 1 is 1.16 bits per heavy atom. The SMILES string of the molecule is CCCC(C)C(=O)NC(CC(C)C)c1ccccc1. The summed E-state index contributed by atoms with van der Waals surface area (Å²) in [5.41, 5.74) is 1.20. The van der Waals surface area contributed by atoms with Gasteiger partial charge in [0, 0.05) is 5.92 Å². The van der Waals surface area contributed by atoms with Gasteiger partial charge in [-0.1, -0.05) is 64.4 Å². The monoisotopic (exact) mass is 261 g/mol. The Balaban J connectivity index is 2.73. The van der Waals surface area contributed by atoms with Gasteiger partial charge in [-0.15, -0.1) is 0 Å². The Morgan fingerprint density at radius 3 is 2.32 bits per heavy atom. The lowest BCUT2D eigenvalue weighted by atomic mass is 9.96. The first-order valence-corrected chi connectivity index (χ1v) is 7.39. The first-order chi connectivity index (χ1) is 9.04. The summed E-state index contributed by atoms with van der Waals surface area (Å²) in [6, 6.07) is 10.4. The van der Waals surface area contributed by atoms with Gasteiger partial charge in [-0.25, -0.2) is 0 Å². The number of hydrogen-bond acceptors (Lipinski definition) is 1. The van der Waals surface area contributed by atoms with Crippen LogP contribution >= 0.6 is 0 Å². The van der Waals surface area contributed by atoms with Crippen LogP contribution in [-0.2, 0) is 4.79 Å². The first-order valence-electron chi connectivity index (χ1n) is 7.39. The maximum atomic E-state index is 12.2. The van der Waals surface area contributed by atoms with Crippen molar-refractivity contribution < 1.29 is 4.79 Å². The van der Waals surface area contributed by atoms with Crippen LogP contribution in [0.1, 0.15) is 58.6 Å². The smallest absolute Gasteiger partial charge is 0.223 e. The molecule has 0 aliphatic carbocycles. The average Bonchev–Trinajstić information content (AvgIpc) is 2.38. The summed E-state index contributed by atoms with van der Waals surface area (Å²) < 4.78 is 0. The normalized spacial score (nSPS) is 14.2. The van der Waals surface area contributed by atoms with E-state index in [4.69, 9.17) is 0 Å². The lowest BCUT2D eigenvalue weighted by Gasteiger charge is -2.23. The molecule has 0 aliphatic rings. The summed E-state index contributed by atoms with van der Waals surface area (Å²) in [4.78, 5) is 12.2. The Kier molecular flexibility index (Phi) is 6.61. The molecule has 0 saturated heterocycles. The van der Waals surface area contributed by atoms with Crippen LogP contribution in [-0.4, -0.2) is 5.91 Å². The molecule has 2 atom stereocenters.